The number of aryl methyl sites for hydroxylation is 1. The Labute approximate surface area is 94.8 Å². The molecule has 2 rings (SSSR count). The van der Waals surface area contributed by atoms with Gasteiger partial charge in [-0.1, -0.05) is 12.1 Å². The number of hydrogen-bond donors (Lipinski definition) is 1. The fraction of sp³-hybridized carbons (Fsp3) is 0.500. The summed E-state index contributed by atoms with van der Waals surface area (Å²) in [4.78, 5) is 10.6. The van der Waals surface area contributed by atoms with Crippen LogP contribution in [-0.4, -0.2) is 11.0 Å². The molecule has 1 aliphatic carbocycles. The second-order valence-corrected chi connectivity index (χ2v) is 4.50. The van der Waals surface area contributed by atoms with Crippen LogP contribution in [0.15, 0.2) is 18.2 Å². The van der Waals surface area contributed by atoms with E-state index in [4.69, 9.17) is 0 Å². The zero-order valence-corrected chi connectivity index (χ0v) is 9.56. The largest absolute Gasteiger partial charge is 0.377 e. The maximum atomic E-state index is 10.9. The summed E-state index contributed by atoms with van der Waals surface area (Å²) >= 11 is 0. The molecule has 1 saturated carbocycles. The van der Waals surface area contributed by atoms with Gasteiger partial charge in [-0.15, -0.1) is 0 Å². The number of benzene rings is 1. The van der Waals surface area contributed by atoms with Crippen molar-refractivity contribution in [3.63, 3.8) is 0 Å². The number of para-hydroxylation sites is 1. The molecule has 0 aromatic heterocycles. The molecular weight excluding hydrogens is 204 g/mol. The van der Waals surface area contributed by atoms with E-state index in [1.54, 1.807) is 12.1 Å². The van der Waals surface area contributed by atoms with Crippen molar-refractivity contribution in [2.45, 2.75) is 32.7 Å². The predicted molar refractivity (Wildman–Crippen MR) is 63.6 cm³/mol. The molecule has 0 amide bonds. The topological polar surface area (TPSA) is 55.2 Å². The molecule has 1 atom stereocenters. The molecule has 86 valence electrons. The fourth-order valence-electron chi connectivity index (χ4n) is 1.93. The van der Waals surface area contributed by atoms with E-state index in [-0.39, 0.29) is 10.6 Å². The molecule has 0 bridgehead atoms. The van der Waals surface area contributed by atoms with Crippen LogP contribution >= 0.6 is 0 Å². The first-order chi connectivity index (χ1) is 7.59. The molecule has 1 aromatic rings. The lowest BCUT2D eigenvalue weighted by molar-refractivity contribution is -0.384. The van der Waals surface area contributed by atoms with Crippen LogP contribution in [-0.2, 0) is 0 Å². The lowest BCUT2D eigenvalue weighted by Gasteiger charge is -2.16. The van der Waals surface area contributed by atoms with E-state index in [1.165, 1.54) is 12.8 Å². The Balaban J connectivity index is 2.26. The highest BCUT2D eigenvalue weighted by Gasteiger charge is 2.29. The summed E-state index contributed by atoms with van der Waals surface area (Å²) in [7, 11) is 0. The first-order valence-corrected chi connectivity index (χ1v) is 5.60. The summed E-state index contributed by atoms with van der Waals surface area (Å²) in [6.07, 6.45) is 2.46. The normalized spacial score (nSPS) is 16.9. The third kappa shape index (κ3) is 2.15. The molecule has 1 aliphatic rings. The standard InChI is InChI=1S/C12H16N2O2/c1-8-4-3-5-11(14(15)16)12(8)13-9(2)10-6-7-10/h3-5,9-10,13H,6-7H2,1-2H3. The minimum atomic E-state index is -0.324. The van der Waals surface area contributed by atoms with E-state index in [0.29, 0.717) is 17.6 Å². The van der Waals surface area contributed by atoms with Crippen molar-refractivity contribution >= 4 is 11.4 Å². The minimum Gasteiger partial charge on any atom is -0.377 e. The number of nitro benzene ring substituents is 1. The zero-order chi connectivity index (χ0) is 11.7. The van der Waals surface area contributed by atoms with Gasteiger partial charge in [0.05, 0.1) is 4.92 Å². The van der Waals surface area contributed by atoms with Crippen LogP contribution in [0.2, 0.25) is 0 Å². The molecule has 16 heavy (non-hydrogen) atoms. The van der Waals surface area contributed by atoms with E-state index >= 15 is 0 Å². The number of nitrogens with one attached hydrogen (secondary N) is 1. The molecule has 1 unspecified atom stereocenters. The molecular formula is C12H16N2O2. The predicted octanol–water partition coefficient (Wildman–Crippen LogP) is 3.11. The minimum absolute atomic E-state index is 0.174. The van der Waals surface area contributed by atoms with Gasteiger partial charge in [-0.2, -0.15) is 0 Å². The van der Waals surface area contributed by atoms with Crippen molar-refractivity contribution in [2.24, 2.45) is 5.92 Å². The molecule has 0 radical (unpaired) electrons. The Bertz CT molecular complexity index is 413. The number of nitrogens with zero attached hydrogens (tertiary/aromatic N) is 1. The third-order valence-corrected chi connectivity index (χ3v) is 3.15. The molecule has 1 fully saturated rings. The van der Waals surface area contributed by atoms with E-state index in [9.17, 15) is 10.1 Å². The monoisotopic (exact) mass is 220 g/mol. The van der Waals surface area contributed by atoms with Crippen LogP contribution in [0.4, 0.5) is 11.4 Å². The quantitative estimate of drug-likeness (QED) is 0.626. The fourth-order valence-corrected chi connectivity index (χ4v) is 1.93. The van der Waals surface area contributed by atoms with Gasteiger partial charge >= 0.3 is 0 Å². The highest BCUT2D eigenvalue weighted by atomic mass is 16.6. The SMILES string of the molecule is Cc1cccc([N+](=O)[O-])c1NC(C)C1CC1. The molecule has 1 N–H and O–H groups in total. The van der Waals surface area contributed by atoms with Crippen molar-refractivity contribution in [1.29, 1.82) is 0 Å². The smallest absolute Gasteiger partial charge is 0.292 e. The first kappa shape index (κ1) is 10.9. The summed E-state index contributed by atoms with van der Waals surface area (Å²) in [6.45, 7) is 3.99. The summed E-state index contributed by atoms with van der Waals surface area (Å²) < 4.78 is 0. The number of hydrogen-bond acceptors (Lipinski definition) is 3. The summed E-state index contributed by atoms with van der Waals surface area (Å²) in [5, 5.41) is 14.2. The maximum absolute atomic E-state index is 10.9. The number of anilines is 1. The Morgan fingerprint density at radius 1 is 1.50 bits per heavy atom. The summed E-state index contributed by atoms with van der Waals surface area (Å²) in [6, 6.07) is 5.49. The molecule has 0 aliphatic heterocycles. The first-order valence-electron chi connectivity index (χ1n) is 5.60. The third-order valence-electron chi connectivity index (χ3n) is 3.15. The lowest BCUT2D eigenvalue weighted by atomic mass is 10.1. The second kappa shape index (κ2) is 4.12. The highest BCUT2D eigenvalue weighted by molar-refractivity contribution is 5.66. The van der Waals surface area contributed by atoms with Crippen LogP contribution < -0.4 is 5.32 Å². The van der Waals surface area contributed by atoms with Crippen molar-refractivity contribution < 1.29 is 4.92 Å². The van der Waals surface area contributed by atoms with Crippen molar-refractivity contribution in [3.8, 4) is 0 Å². The van der Waals surface area contributed by atoms with Gasteiger partial charge in [-0.25, -0.2) is 0 Å². The maximum Gasteiger partial charge on any atom is 0.292 e. The van der Waals surface area contributed by atoms with E-state index in [1.807, 2.05) is 13.0 Å². The summed E-state index contributed by atoms with van der Waals surface area (Å²) in [5.41, 5.74) is 1.78. The van der Waals surface area contributed by atoms with Gasteiger partial charge < -0.3 is 5.32 Å². The molecule has 4 nitrogen and oxygen atoms in total. The van der Waals surface area contributed by atoms with Crippen molar-refractivity contribution in [1.82, 2.24) is 0 Å². The Morgan fingerprint density at radius 2 is 2.19 bits per heavy atom. The Hall–Kier alpha value is -1.58. The Morgan fingerprint density at radius 3 is 2.75 bits per heavy atom. The van der Waals surface area contributed by atoms with E-state index < -0.39 is 0 Å². The molecule has 4 heteroatoms. The van der Waals surface area contributed by atoms with Gasteiger partial charge in [0.2, 0.25) is 0 Å². The second-order valence-electron chi connectivity index (χ2n) is 4.50. The van der Waals surface area contributed by atoms with Crippen LogP contribution in [0.25, 0.3) is 0 Å². The highest BCUT2D eigenvalue weighted by Crippen LogP contribution is 2.36. The average molecular weight is 220 g/mol. The number of nitro groups is 1. The van der Waals surface area contributed by atoms with Gasteiger partial charge in [-0.3, -0.25) is 10.1 Å². The van der Waals surface area contributed by atoms with Crippen LogP contribution in [0.5, 0.6) is 0 Å². The van der Waals surface area contributed by atoms with Crippen molar-refractivity contribution in [3.05, 3.63) is 33.9 Å². The Kier molecular flexibility index (Phi) is 2.81. The molecule has 0 saturated heterocycles. The van der Waals surface area contributed by atoms with Crippen LogP contribution in [0, 0.1) is 23.0 Å². The van der Waals surface area contributed by atoms with Crippen LogP contribution in [0.1, 0.15) is 25.3 Å². The van der Waals surface area contributed by atoms with Gasteiger partial charge in [0.15, 0.2) is 0 Å². The molecule has 0 heterocycles. The average Bonchev–Trinajstić information content (AvgIpc) is 3.03. The summed E-state index contributed by atoms with van der Waals surface area (Å²) in [5.74, 6) is 0.680. The van der Waals surface area contributed by atoms with Gasteiger partial charge in [0, 0.05) is 12.1 Å². The number of rotatable bonds is 4. The van der Waals surface area contributed by atoms with Gasteiger partial charge in [-0.05, 0) is 38.2 Å². The lowest BCUT2D eigenvalue weighted by Crippen LogP contribution is -2.18. The molecule has 0 spiro atoms. The van der Waals surface area contributed by atoms with Gasteiger partial charge in [0.1, 0.15) is 5.69 Å². The van der Waals surface area contributed by atoms with Gasteiger partial charge in [0.25, 0.3) is 5.69 Å². The molecule has 1 aromatic carbocycles. The van der Waals surface area contributed by atoms with E-state index in [2.05, 4.69) is 12.2 Å². The zero-order valence-electron chi connectivity index (χ0n) is 9.56. The van der Waals surface area contributed by atoms with E-state index in [0.717, 1.165) is 5.56 Å². The van der Waals surface area contributed by atoms with Crippen molar-refractivity contribution in [2.75, 3.05) is 5.32 Å². The van der Waals surface area contributed by atoms with Crippen LogP contribution in [0.3, 0.4) is 0 Å².